The van der Waals surface area contributed by atoms with Crippen LogP contribution in [0.3, 0.4) is 0 Å². The zero-order valence-corrected chi connectivity index (χ0v) is 15.0. The van der Waals surface area contributed by atoms with E-state index in [1.165, 1.54) is 6.92 Å². The number of rotatable bonds is 5. The van der Waals surface area contributed by atoms with Crippen molar-refractivity contribution in [2.24, 2.45) is 11.8 Å². The van der Waals surface area contributed by atoms with Gasteiger partial charge in [0.05, 0.1) is 11.8 Å². The lowest BCUT2D eigenvalue weighted by Crippen LogP contribution is -2.45. The van der Waals surface area contributed by atoms with Crippen LogP contribution in [0.1, 0.15) is 19.8 Å². The smallest absolute Gasteiger partial charge is 0.329 e. The molecule has 7 nitrogen and oxygen atoms in total. The normalized spacial score (nSPS) is 22.0. The van der Waals surface area contributed by atoms with E-state index < -0.39 is 59.8 Å². The molecule has 0 unspecified atom stereocenters. The molecular formula is C19H18F2N2O5. The van der Waals surface area contributed by atoms with E-state index in [-0.39, 0.29) is 5.69 Å². The van der Waals surface area contributed by atoms with Gasteiger partial charge in [-0.25, -0.2) is 13.6 Å². The third-order valence-electron chi connectivity index (χ3n) is 4.82. The zero-order chi connectivity index (χ0) is 20.4. The SMILES string of the molecule is C[C@@H](C(=O)OCC(=O)Nc1ccc(F)c(F)c1)N1C(=O)[C@H]2CC=CC[C@H]2C1=O. The molecule has 0 bridgehead atoms. The molecule has 3 atom stereocenters. The summed E-state index contributed by atoms with van der Waals surface area (Å²) >= 11 is 0. The molecule has 3 amide bonds. The highest BCUT2D eigenvalue weighted by atomic mass is 19.2. The minimum atomic E-state index is -1.17. The Kier molecular flexibility index (Phi) is 5.53. The standard InChI is InChI=1S/C19H18F2N2O5/c1-10(23-17(25)12-4-2-3-5-13(12)18(23)26)19(27)28-9-16(24)22-11-6-7-14(20)15(21)8-11/h2-3,6-8,10,12-13H,4-5,9H2,1H3,(H,22,24)/t10-,12-,13+/m0/s1. The quantitative estimate of drug-likeness (QED) is 0.469. The number of hydrogen-bond acceptors (Lipinski definition) is 5. The summed E-state index contributed by atoms with van der Waals surface area (Å²) in [6.45, 7) is 0.656. The van der Waals surface area contributed by atoms with Crippen molar-refractivity contribution >= 4 is 29.4 Å². The molecule has 9 heteroatoms. The third kappa shape index (κ3) is 3.78. The van der Waals surface area contributed by atoms with Crippen molar-refractivity contribution < 1.29 is 32.7 Å². The first-order valence-electron chi connectivity index (χ1n) is 8.73. The van der Waals surface area contributed by atoms with Gasteiger partial charge >= 0.3 is 5.97 Å². The van der Waals surface area contributed by atoms with Crippen LogP contribution < -0.4 is 5.32 Å². The molecule has 1 fully saturated rings. The number of amides is 3. The Bertz CT molecular complexity index is 844. The summed E-state index contributed by atoms with van der Waals surface area (Å²) in [4.78, 5) is 49.8. The van der Waals surface area contributed by atoms with Crippen molar-refractivity contribution in [3.05, 3.63) is 42.0 Å². The zero-order valence-electron chi connectivity index (χ0n) is 15.0. The van der Waals surface area contributed by atoms with Gasteiger partial charge in [-0.05, 0) is 31.9 Å². The highest BCUT2D eigenvalue weighted by molar-refractivity contribution is 6.08. The number of esters is 1. The largest absolute Gasteiger partial charge is 0.454 e. The minimum absolute atomic E-state index is 0.00512. The Morgan fingerprint density at radius 2 is 1.75 bits per heavy atom. The van der Waals surface area contributed by atoms with E-state index in [0.717, 1.165) is 23.1 Å². The number of benzene rings is 1. The van der Waals surface area contributed by atoms with Crippen LogP contribution >= 0.6 is 0 Å². The average molecular weight is 392 g/mol. The van der Waals surface area contributed by atoms with Crippen molar-refractivity contribution in [3.8, 4) is 0 Å². The van der Waals surface area contributed by atoms with Crippen molar-refractivity contribution in [1.29, 1.82) is 0 Å². The summed E-state index contributed by atoms with van der Waals surface area (Å²) in [7, 11) is 0. The molecule has 1 saturated heterocycles. The number of fused-ring (bicyclic) bond motifs is 1. The molecule has 1 aromatic carbocycles. The number of imide groups is 1. The number of allylic oxidation sites excluding steroid dienone is 2. The van der Waals surface area contributed by atoms with E-state index in [1.807, 2.05) is 12.2 Å². The molecule has 28 heavy (non-hydrogen) atoms. The van der Waals surface area contributed by atoms with Gasteiger partial charge in [-0.1, -0.05) is 12.2 Å². The van der Waals surface area contributed by atoms with Crippen molar-refractivity contribution in [2.75, 3.05) is 11.9 Å². The second-order valence-corrected chi connectivity index (χ2v) is 6.66. The van der Waals surface area contributed by atoms with Crippen LogP contribution in [0.4, 0.5) is 14.5 Å². The fourth-order valence-corrected chi connectivity index (χ4v) is 3.34. The minimum Gasteiger partial charge on any atom is -0.454 e. The topological polar surface area (TPSA) is 92.8 Å². The Balaban J connectivity index is 1.55. The van der Waals surface area contributed by atoms with Gasteiger partial charge in [0, 0.05) is 11.8 Å². The number of nitrogens with one attached hydrogen (secondary N) is 1. The van der Waals surface area contributed by atoms with Crippen LogP contribution in [0, 0.1) is 23.5 Å². The Morgan fingerprint density at radius 1 is 1.14 bits per heavy atom. The maximum absolute atomic E-state index is 13.1. The molecule has 0 saturated carbocycles. The van der Waals surface area contributed by atoms with E-state index >= 15 is 0 Å². The van der Waals surface area contributed by atoms with E-state index in [4.69, 9.17) is 4.74 Å². The number of ether oxygens (including phenoxy) is 1. The summed E-state index contributed by atoms with van der Waals surface area (Å²) in [5, 5.41) is 2.25. The lowest BCUT2D eigenvalue weighted by molar-refractivity contribution is -0.159. The highest BCUT2D eigenvalue weighted by Crippen LogP contribution is 2.36. The van der Waals surface area contributed by atoms with Crippen LogP contribution in [0.5, 0.6) is 0 Å². The molecule has 1 aliphatic heterocycles. The van der Waals surface area contributed by atoms with E-state index in [0.29, 0.717) is 12.8 Å². The molecule has 2 aliphatic rings. The second-order valence-electron chi connectivity index (χ2n) is 6.66. The fraction of sp³-hybridized carbons (Fsp3) is 0.368. The predicted molar refractivity (Wildman–Crippen MR) is 92.6 cm³/mol. The van der Waals surface area contributed by atoms with Gasteiger partial charge < -0.3 is 10.1 Å². The third-order valence-corrected chi connectivity index (χ3v) is 4.82. The van der Waals surface area contributed by atoms with Crippen LogP contribution in [-0.4, -0.2) is 41.2 Å². The maximum atomic E-state index is 13.1. The number of carbonyl (C=O) groups excluding carboxylic acids is 4. The summed E-state index contributed by atoms with van der Waals surface area (Å²) in [6.07, 6.45) is 4.57. The predicted octanol–water partition coefficient (Wildman–Crippen LogP) is 1.79. The average Bonchev–Trinajstić information content (AvgIpc) is 2.93. The van der Waals surface area contributed by atoms with Crippen LogP contribution in [-0.2, 0) is 23.9 Å². The van der Waals surface area contributed by atoms with Gasteiger partial charge in [0.25, 0.3) is 5.91 Å². The van der Waals surface area contributed by atoms with Crippen molar-refractivity contribution in [1.82, 2.24) is 4.90 Å². The molecule has 1 aromatic rings. The van der Waals surface area contributed by atoms with Gasteiger partial charge in [-0.15, -0.1) is 0 Å². The molecule has 3 rings (SSSR count). The Morgan fingerprint density at radius 3 is 2.32 bits per heavy atom. The fourth-order valence-electron chi connectivity index (χ4n) is 3.34. The Hall–Kier alpha value is -3.10. The number of anilines is 1. The Labute approximate surface area is 159 Å². The first kappa shape index (κ1) is 19.7. The summed E-state index contributed by atoms with van der Waals surface area (Å²) in [5.74, 6) is -5.66. The number of hydrogen-bond donors (Lipinski definition) is 1. The molecule has 0 aromatic heterocycles. The van der Waals surface area contributed by atoms with Gasteiger partial charge in [0.15, 0.2) is 18.2 Å². The van der Waals surface area contributed by atoms with Gasteiger partial charge in [-0.3, -0.25) is 19.3 Å². The number of nitrogens with zero attached hydrogens (tertiary/aromatic N) is 1. The molecule has 0 radical (unpaired) electrons. The van der Waals surface area contributed by atoms with Crippen molar-refractivity contribution in [3.63, 3.8) is 0 Å². The maximum Gasteiger partial charge on any atom is 0.329 e. The second kappa shape index (κ2) is 7.87. The molecule has 1 aliphatic carbocycles. The summed E-state index contributed by atoms with van der Waals surface area (Å²) < 4.78 is 30.9. The van der Waals surface area contributed by atoms with Crippen LogP contribution in [0.2, 0.25) is 0 Å². The first-order chi connectivity index (χ1) is 13.3. The lowest BCUT2D eigenvalue weighted by Gasteiger charge is -2.21. The highest BCUT2D eigenvalue weighted by Gasteiger charge is 2.50. The van der Waals surface area contributed by atoms with Gasteiger partial charge in [0.1, 0.15) is 6.04 Å². The molecular weight excluding hydrogens is 374 g/mol. The van der Waals surface area contributed by atoms with E-state index in [2.05, 4.69) is 5.32 Å². The molecule has 1 N–H and O–H groups in total. The molecule has 148 valence electrons. The van der Waals surface area contributed by atoms with E-state index in [9.17, 15) is 28.0 Å². The van der Waals surface area contributed by atoms with Crippen molar-refractivity contribution in [2.45, 2.75) is 25.8 Å². The number of halogens is 2. The van der Waals surface area contributed by atoms with Crippen LogP contribution in [0.15, 0.2) is 30.4 Å². The first-order valence-corrected chi connectivity index (χ1v) is 8.73. The lowest BCUT2D eigenvalue weighted by atomic mass is 9.85. The van der Waals surface area contributed by atoms with E-state index in [1.54, 1.807) is 0 Å². The van der Waals surface area contributed by atoms with Gasteiger partial charge in [0.2, 0.25) is 11.8 Å². The monoisotopic (exact) mass is 392 g/mol. The molecule has 0 spiro atoms. The summed E-state index contributed by atoms with van der Waals surface area (Å²) in [6, 6.07) is 1.62. The summed E-state index contributed by atoms with van der Waals surface area (Å²) in [5.41, 5.74) is -0.00512. The number of likely N-dealkylation sites (tertiary alicyclic amines) is 1. The van der Waals surface area contributed by atoms with Gasteiger partial charge in [-0.2, -0.15) is 0 Å². The van der Waals surface area contributed by atoms with Crippen LogP contribution in [0.25, 0.3) is 0 Å². The molecule has 1 heterocycles. The number of carbonyl (C=O) groups is 4.